The molecule has 10 heteroatoms. The van der Waals surface area contributed by atoms with Crippen molar-refractivity contribution in [3.63, 3.8) is 0 Å². The number of rotatable bonds is 7. The second kappa shape index (κ2) is 6.36. The molecule has 24 heavy (non-hydrogen) atoms. The van der Waals surface area contributed by atoms with Crippen molar-refractivity contribution >= 4 is 24.1 Å². The lowest BCUT2D eigenvalue weighted by Crippen LogP contribution is -2.46. The summed E-state index contributed by atoms with van der Waals surface area (Å²) in [5, 5.41) is 30.8. The maximum atomic E-state index is 12.0. The van der Waals surface area contributed by atoms with Crippen LogP contribution in [-0.2, 0) is 0 Å². The Hall–Kier alpha value is -2.20. The zero-order chi connectivity index (χ0) is 18.1. The molecule has 0 unspecified atom stereocenters. The molecule has 10 nitrogen and oxygen atoms in total. The van der Waals surface area contributed by atoms with Crippen LogP contribution in [0.5, 0.6) is 0 Å². The van der Waals surface area contributed by atoms with Crippen LogP contribution in [-0.4, -0.2) is 84.4 Å². The number of unbranched alkanes of at least 4 members (excludes halogenated alkanes) is 3. The van der Waals surface area contributed by atoms with Crippen LogP contribution in [0, 0.1) is 0 Å². The molecule has 0 atom stereocenters. The van der Waals surface area contributed by atoms with Gasteiger partial charge >= 0.3 is 12.1 Å². The molecule has 0 aromatic heterocycles. The topological polar surface area (TPSA) is 111 Å². The Bertz CT molecular complexity index is 546. The van der Waals surface area contributed by atoms with Gasteiger partial charge in [-0.25, -0.2) is 9.59 Å². The molecule has 4 amide bonds. The third kappa shape index (κ3) is 3.49. The minimum atomic E-state index is -0.500. The van der Waals surface area contributed by atoms with Crippen LogP contribution in [0.2, 0.25) is 0 Å². The van der Waals surface area contributed by atoms with E-state index in [-0.39, 0.29) is 21.2 Å². The summed E-state index contributed by atoms with van der Waals surface area (Å²) in [6.45, 7) is 0.674. The van der Waals surface area contributed by atoms with Crippen molar-refractivity contribution in [3.8, 4) is 0 Å². The van der Waals surface area contributed by atoms with E-state index >= 15 is 0 Å². The van der Waals surface area contributed by atoms with Gasteiger partial charge in [0.2, 0.25) is 0 Å². The Morgan fingerprint density at radius 3 is 1.33 bits per heavy atom. The molecule has 0 fully saturated rings. The van der Waals surface area contributed by atoms with Gasteiger partial charge in [-0.05, 0) is 12.8 Å². The standard InChI is InChI=1S/C14H24N6O4/c1-19(2)13(23)17(11(21)15-19)9-7-5-6-8-10-18-12(22)16-20(3,4)14(18)24/h5-10H2,1-4H3. The zero-order valence-electron chi connectivity index (χ0n) is 14.6. The second-order valence-electron chi connectivity index (χ2n) is 6.84. The van der Waals surface area contributed by atoms with Gasteiger partial charge in [0.1, 0.15) is 40.2 Å². The Morgan fingerprint density at radius 1 is 0.750 bits per heavy atom. The van der Waals surface area contributed by atoms with Gasteiger partial charge in [0, 0.05) is 13.1 Å². The maximum Gasteiger partial charge on any atom is 0.450 e. The molecule has 2 rings (SSSR count). The van der Waals surface area contributed by atoms with Gasteiger partial charge in [0.15, 0.2) is 0 Å². The normalized spacial score (nSPS) is 22.2. The summed E-state index contributed by atoms with van der Waals surface area (Å²) in [6.07, 6.45) is 2.91. The van der Waals surface area contributed by atoms with Gasteiger partial charge in [0.05, 0.1) is 0 Å². The molecule has 0 N–H and O–H groups in total. The molecule has 0 aliphatic carbocycles. The van der Waals surface area contributed by atoms with E-state index in [1.807, 2.05) is 0 Å². The number of hydrogen-bond acceptors (Lipinski definition) is 6. The fraction of sp³-hybridized carbons (Fsp3) is 0.714. The van der Waals surface area contributed by atoms with Crippen LogP contribution >= 0.6 is 0 Å². The minimum absolute atomic E-state index is 0.296. The molecule has 0 aromatic carbocycles. The summed E-state index contributed by atoms with van der Waals surface area (Å²) in [5.74, 6) is 0. The SMILES string of the molecule is C[N+]1(C)N=C([O-])N(CCCCCCN2C(=O)[N+](C)(C)N=C2[O-])C1=O. The molecule has 2 heterocycles. The second-order valence-corrected chi connectivity index (χ2v) is 6.84. The predicted octanol–water partition coefficient (Wildman–Crippen LogP) is -1.17. The molecular formula is C14H24N6O4. The largest absolute Gasteiger partial charge is 0.842 e. The number of amidine groups is 2. The lowest BCUT2D eigenvalue weighted by atomic mass is 10.2. The van der Waals surface area contributed by atoms with Crippen molar-refractivity contribution in [1.29, 1.82) is 0 Å². The van der Waals surface area contributed by atoms with Crippen molar-refractivity contribution in [2.45, 2.75) is 25.7 Å². The van der Waals surface area contributed by atoms with Crippen molar-refractivity contribution in [2.24, 2.45) is 10.2 Å². The van der Waals surface area contributed by atoms with Crippen molar-refractivity contribution in [3.05, 3.63) is 0 Å². The Balaban J connectivity index is 1.67. The molecule has 2 aliphatic heterocycles. The average Bonchev–Trinajstić information content (AvgIpc) is 2.77. The number of nitrogens with zero attached hydrogens (tertiary/aromatic N) is 6. The highest BCUT2D eigenvalue weighted by Gasteiger charge is 2.40. The van der Waals surface area contributed by atoms with E-state index in [9.17, 15) is 19.8 Å². The van der Waals surface area contributed by atoms with E-state index in [4.69, 9.17) is 0 Å². The number of carbonyl (C=O) groups is 2. The highest BCUT2D eigenvalue weighted by molar-refractivity contribution is 5.91. The lowest BCUT2D eigenvalue weighted by Gasteiger charge is -2.20. The van der Waals surface area contributed by atoms with Gasteiger partial charge in [-0.15, -0.1) is 9.18 Å². The number of hydrogen-bond donors (Lipinski definition) is 0. The Labute approximate surface area is 141 Å². The highest BCUT2D eigenvalue weighted by atomic mass is 16.3. The lowest BCUT2D eigenvalue weighted by molar-refractivity contribution is -0.813. The molecule has 0 aromatic rings. The summed E-state index contributed by atoms with van der Waals surface area (Å²) in [4.78, 5) is 26.2. The summed E-state index contributed by atoms with van der Waals surface area (Å²) in [5.41, 5.74) is 0. The van der Waals surface area contributed by atoms with E-state index in [0.29, 0.717) is 25.9 Å². The van der Waals surface area contributed by atoms with E-state index in [2.05, 4.69) is 10.2 Å². The fourth-order valence-corrected chi connectivity index (χ4v) is 2.65. The first-order valence-electron chi connectivity index (χ1n) is 7.93. The third-order valence-corrected chi connectivity index (χ3v) is 4.04. The smallest absolute Gasteiger partial charge is 0.450 e. The van der Waals surface area contributed by atoms with Crippen LogP contribution in [0.3, 0.4) is 0 Å². The monoisotopic (exact) mass is 340 g/mol. The van der Waals surface area contributed by atoms with E-state index in [1.165, 1.54) is 0 Å². The van der Waals surface area contributed by atoms with Crippen LogP contribution in [0.25, 0.3) is 0 Å². The van der Waals surface area contributed by atoms with Crippen molar-refractivity contribution < 1.29 is 29.0 Å². The summed E-state index contributed by atoms with van der Waals surface area (Å²) >= 11 is 0. The van der Waals surface area contributed by atoms with Gasteiger partial charge < -0.3 is 10.2 Å². The first-order chi connectivity index (χ1) is 11.1. The Kier molecular flexibility index (Phi) is 4.81. The van der Waals surface area contributed by atoms with Crippen LogP contribution in [0.1, 0.15) is 25.7 Å². The molecule has 0 saturated carbocycles. The molecule has 0 radical (unpaired) electrons. The first kappa shape index (κ1) is 18.1. The van der Waals surface area contributed by atoms with Gasteiger partial charge in [0.25, 0.3) is 0 Å². The number of urea groups is 2. The maximum absolute atomic E-state index is 12.0. The number of carbonyl (C=O) groups excluding carboxylic acids is 2. The first-order valence-corrected chi connectivity index (χ1v) is 7.93. The molecule has 134 valence electrons. The quantitative estimate of drug-likeness (QED) is 0.429. The average molecular weight is 340 g/mol. The van der Waals surface area contributed by atoms with Crippen LogP contribution in [0.4, 0.5) is 9.59 Å². The van der Waals surface area contributed by atoms with Gasteiger partial charge in [-0.1, -0.05) is 23.0 Å². The highest BCUT2D eigenvalue weighted by Crippen LogP contribution is 2.17. The van der Waals surface area contributed by atoms with Gasteiger partial charge in [-0.2, -0.15) is 0 Å². The molecular weight excluding hydrogens is 316 g/mol. The summed E-state index contributed by atoms with van der Waals surface area (Å²) in [6, 6.07) is -1.65. The number of amides is 4. The zero-order valence-corrected chi connectivity index (χ0v) is 14.6. The molecule has 0 spiro atoms. The predicted molar refractivity (Wildman–Crippen MR) is 81.8 cm³/mol. The molecule has 0 bridgehead atoms. The van der Waals surface area contributed by atoms with E-state index in [0.717, 1.165) is 22.6 Å². The van der Waals surface area contributed by atoms with E-state index < -0.39 is 12.0 Å². The van der Waals surface area contributed by atoms with Crippen LogP contribution in [0.15, 0.2) is 10.2 Å². The fourth-order valence-electron chi connectivity index (χ4n) is 2.65. The van der Waals surface area contributed by atoms with Crippen LogP contribution < -0.4 is 10.2 Å². The number of quaternary nitrogens is 2. The molecule has 0 saturated heterocycles. The van der Waals surface area contributed by atoms with Gasteiger partial charge in [-0.3, -0.25) is 9.80 Å². The minimum Gasteiger partial charge on any atom is -0.842 e. The van der Waals surface area contributed by atoms with Crippen molar-refractivity contribution in [2.75, 3.05) is 41.3 Å². The van der Waals surface area contributed by atoms with E-state index in [1.54, 1.807) is 28.2 Å². The summed E-state index contributed by atoms with van der Waals surface area (Å²) < 4.78 is -0.592. The Morgan fingerprint density at radius 2 is 1.08 bits per heavy atom. The third-order valence-electron chi connectivity index (χ3n) is 4.04. The summed E-state index contributed by atoms with van der Waals surface area (Å²) in [7, 11) is 6.26. The molecule has 2 aliphatic rings. The van der Waals surface area contributed by atoms with Crippen molar-refractivity contribution in [1.82, 2.24) is 9.80 Å².